The zero-order valence-electron chi connectivity index (χ0n) is 14.2. The van der Waals surface area contributed by atoms with Gasteiger partial charge in [0, 0.05) is 30.9 Å². The Balaban J connectivity index is 3.08. The molecule has 0 spiro atoms. The van der Waals surface area contributed by atoms with Crippen molar-refractivity contribution in [2.45, 2.75) is 19.6 Å². The quantitative estimate of drug-likeness (QED) is 0.709. The predicted molar refractivity (Wildman–Crippen MR) is 82.4 cm³/mol. The summed E-state index contributed by atoms with van der Waals surface area (Å²) in [7, 11) is 5.97. The van der Waals surface area contributed by atoms with Crippen LogP contribution in [0.1, 0.15) is 12.5 Å². The SMILES string of the molecule is COc1ccc(CN(C)/C(C)=C/C(=O)C(F)(F)F)c(OC)c1OC. The molecule has 0 atom stereocenters. The zero-order valence-corrected chi connectivity index (χ0v) is 14.2. The highest BCUT2D eigenvalue weighted by atomic mass is 19.4. The predicted octanol–water partition coefficient (Wildman–Crippen LogP) is 3.18. The van der Waals surface area contributed by atoms with Gasteiger partial charge in [-0.3, -0.25) is 4.79 Å². The van der Waals surface area contributed by atoms with E-state index in [2.05, 4.69) is 0 Å². The van der Waals surface area contributed by atoms with Crippen LogP contribution in [0.5, 0.6) is 17.2 Å². The lowest BCUT2D eigenvalue weighted by Gasteiger charge is -2.23. The van der Waals surface area contributed by atoms with Gasteiger partial charge in [-0.2, -0.15) is 13.2 Å². The summed E-state index contributed by atoms with van der Waals surface area (Å²) in [6, 6.07) is 3.39. The standard InChI is InChI=1S/C16H20F3NO4/c1-10(8-13(21)16(17,18)19)20(2)9-11-6-7-12(22-3)15(24-5)14(11)23-4/h6-8H,9H2,1-5H3/b10-8+. The Morgan fingerprint density at radius 2 is 1.71 bits per heavy atom. The van der Waals surface area contributed by atoms with Crippen molar-refractivity contribution in [3.63, 3.8) is 0 Å². The number of methoxy groups -OCH3 is 3. The first-order chi connectivity index (χ1) is 11.1. The number of carbonyl (C=O) groups excluding carboxylic acids is 1. The molecule has 24 heavy (non-hydrogen) atoms. The molecule has 0 amide bonds. The largest absolute Gasteiger partial charge is 0.493 e. The van der Waals surface area contributed by atoms with Gasteiger partial charge in [0.05, 0.1) is 21.3 Å². The van der Waals surface area contributed by atoms with E-state index >= 15 is 0 Å². The molecule has 0 saturated heterocycles. The molecule has 1 aromatic rings. The molecule has 0 fully saturated rings. The zero-order chi connectivity index (χ0) is 18.5. The van der Waals surface area contributed by atoms with Crippen molar-refractivity contribution in [3.8, 4) is 17.2 Å². The van der Waals surface area contributed by atoms with Gasteiger partial charge in [-0.25, -0.2) is 0 Å². The van der Waals surface area contributed by atoms with Gasteiger partial charge < -0.3 is 19.1 Å². The minimum atomic E-state index is -4.89. The topological polar surface area (TPSA) is 48.0 Å². The number of rotatable bonds is 7. The number of ketones is 1. The normalized spacial score (nSPS) is 11.9. The molecule has 0 aromatic heterocycles. The highest BCUT2D eigenvalue weighted by molar-refractivity contribution is 5.94. The smallest absolute Gasteiger partial charge is 0.454 e. The molecule has 0 radical (unpaired) electrons. The summed E-state index contributed by atoms with van der Waals surface area (Å²) in [5.74, 6) is -0.621. The Kier molecular flexibility index (Phi) is 6.51. The number of ether oxygens (including phenoxy) is 3. The fourth-order valence-corrected chi connectivity index (χ4v) is 2.05. The van der Waals surface area contributed by atoms with Gasteiger partial charge in [0.2, 0.25) is 5.75 Å². The van der Waals surface area contributed by atoms with Crippen molar-refractivity contribution in [2.24, 2.45) is 0 Å². The highest BCUT2D eigenvalue weighted by Crippen LogP contribution is 2.40. The van der Waals surface area contributed by atoms with E-state index in [0.29, 0.717) is 28.9 Å². The Morgan fingerprint density at radius 1 is 1.12 bits per heavy atom. The molecule has 8 heteroatoms. The summed E-state index contributed by atoms with van der Waals surface area (Å²) in [6.07, 6.45) is -4.32. The molecule has 1 rings (SSSR count). The van der Waals surface area contributed by atoms with Crippen LogP contribution in [-0.2, 0) is 11.3 Å². The van der Waals surface area contributed by atoms with Gasteiger partial charge in [-0.05, 0) is 19.1 Å². The second-order valence-electron chi connectivity index (χ2n) is 5.00. The van der Waals surface area contributed by atoms with E-state index in [9.17, 15) is 18.0 Å². The average molecular weight is 347 g/mol. The van der Waals surface area contributed by atoms with E-state index in [4.69, 9.17) is 14.2 Å². The first-order valence-corrected chi connectivity index (χ1v) is 6.94. The molecule has 0 saturated carbocycles. The van der Waals surface area contributed by atoms with Crippen molar-refractivity contribution in [1.82, 2.24) is 4.90 Å². The number of hydrogen-bond donors (Lipinski definition) is 0. The average Bonchev–Trinajstić information content (AvgIpc) is 2.52. The van der Waals surface area contributed by atoms with Crippen LogP contribution in [0, 0.1) is 0 Å². The summed E-state index contributed by atoms with van der Waals surface area (Å²) in [4.78, 5) is 12.6. The fraction of sp³-hybridized carbons (Fsp3) is 0.438. The van der Waals surface area contributed by atoms with Crippen molar-refractivity contribution < 1.29 is 32.2 Å². The van der Waals surface area contributed by atoms with Crippen LogP contribution in [0.3, 0.4) is 0 Å². The minimum absolute atomic E-state index is 0.175. The third-order valence-electron chi connectivity index (χ3n) is 3.41. The molecule has 0 heterocycles. The lowest BCUT2D eigenvalue weighted by atomic mass is 10.1. The Labute approximate surface area is 138 Å². The van der Waals surface area contributed by atoms with Crippen LogP contribution in [-0.4, -0.2) is 45.2 Å². The number of halogens is 3. The van der Waals surface area contributed by atoms with E-state index in [0.717, 1.165) is 0 Å². The van der Waals surface area contributed by atoms with E-state index in [1.165, 1.54) is 33.2 Å². The van der Waals surface area contributed by atoms with Gasteiger partial charge in [-0.1, -0.05) is 0 Å². The molecule has 134 valence electrons. The molecule has 5 nitrogen and oxygen atoms in total. The van der Waals surface area contributed by atoms with E-state index in [-0.39, 0.29) is 12.2 Å². The van der Waals surface area contributed by atoms with Gasteiger partial charge in [0.15, 0.2) is 11.5 Å². The molecule has 0 aliphatic heterocycles. The van der Waals surface area contributed by atoms with Crippen LogP contribution in [0.4, 0.5) is 13.2 Å². The number of alkyl halides is 3. The minimum Gasteiger partial charge on any atom is -0.493 e. The fourth-order valence-electron chi connectivity index (χ4n) is 2.05. The summed E-state index contributed by atoms with van der Waals surface area (Å²) >= 11 is 0. The summed E-state index contributed by atoms with van der Waals surface area (Å²) in [5.41, 5.74) is 0.846. The Morgan fingerprint density at radius 3 is 2.17 bits per heavy atom. The molecular formula is C16H20F3NO4. The third kappa shape index (κ3) is 4.56. The van der Waals surface area contributed by atoms with E-state index in [1.54, 1.807) is 19.2 Å². The van der Waals surface area contributed by atoms with E-state index in [1.807, 2.05) is 0 Å². The van der Waals surface area contributed by atoms with Crippen LogP contribution in [0.25, 0.3) is 0 Å². The second kappa shape index (κ2) is 7.94. The number of hydrogen-bond acceptors (Lipinski definition) is 5. The Bertz CT molecular complexity index is 626. The maximum absolute atomic E-state index is 12.3. The molecule has 0 unspecified atom stereocenters. The second-order valence-corrected chi connectivity index (χ2v) is 5.00. The summed E-state index contributed by atoms with van der Waals surface area (Å²) in [5, 5.41) is 0. The molecule has 0 N–H and O–H groups in total. The number of allylic oxidation sites excluding steroid dienone is 2. The van der Waals surface area contributed by atoms with Gasteiger partial charge in [0.1, 0.15) is 0 Å². The first kappa shape index (κ1) is 19.7. The van der Waals surface area contributed by atoms with Crippen LogP contribution in [0.2, 0.25) is 0 Å². The Hall–Kier alpha value is -2.38. The first-order valence-electron chi connectivity index (χ1n) is 6.94. The lowest BCUT2D eigenvalue weighted by molar-refractivity contribution is -0.165. The van der Waals surface area contributed by atoms with Gasteiger partial charge in [0.25, 0.3) is 5.78 Å². The van der Waals surface area contributed by atoms with Crippen molar-refractivity contribution >= 4 is 5.78 Å². The maximum Gasteiger partial charge on any atom is 0.454 e. The van der Waals surface area contributed by atoms with Crippen LogP contribution in [0.15, 0.2) is 23.9 Å². The van der Waals surface area contributed by atoms with Crippen molar-refractivity contribution in [3.05, 3.63) is 29.5 Å². The van der Waals surface area contributed by atoms with Crippen molar-refractivity contribution in [2.75, 3.05) is 28.4 Å². The monoisotopic (exact) mass is 347 g/mol. The van der Waals surface area contributed by atoms with Crippen LogP contribution < -0.4 is 14.2 Å². The number of carbonyl (C=O) groups is 1. The summed E-state index contributed by atoms with van der Waals surface area (Å²) < 4.78 is 52.8. The summed E-state index contributed by atoms with van der Waals surface area (Å²) in [6.45, 7) is 1.65. The maximum atomic E-state index is 12.3. The van der Waals surface area contributed by atoms with Crippen molar-refractivity contribution in [1.29, 1.82) is 0 Å². The highest BCUT2D eigenvalue weighted by Gasteiger charge is 2.36. The van der Waals surface area contributed by atoms with Gasteiger partial charge in [-0.15, -0.1) is 0 Å². The van der Waals surface area contributed by atoms with Crippen LogP contribution >= 0.6 is 0 Å². The molecule has 1 aromatic carbocycles. The number of nitrogens with zero attached hydrogens (tertiary/aromatic N) is 1. The van der Waals surface area contributed by atoms with Gasteiger partial charge >= 0.3 is 6.18 Å². The third-order valence-corrected chi connectivity index (χ3v) is 3.41. The number of benzene rings is 1. The lowest BCUT2D eigenvalue weighted by Crippen LogP contribution is -2.23. The molecule has 0 bridgehead atoms. The molecular weight excluding hydrogens is 327 g/mol. The van der Waals surface area contributed by atoms with E-state index < -0.39 is 12.0 Å². The molecule has 0 aliphatic rings. The molecule has 0 aliphatic carbocycles.